The second-order valence-corrected chi connectivity index (χ2v) is 5.19. The van der Waals surface area contributed by atoms with Gasteiger partial charge in [-0.05, 0) is 0 Å². The second kappa shape index (κ2) is 6.27. The van der Waals surface area contributed by atoms with Gasteiger partial charge < -0.3 is 19.3 Å². The van der Waals surface area contributed by atoms with Crippen molar-refractivity contribution in [2.75, 3.05) is 45.8 Å². The van der Waals surface area contributed by atoms with Crippen LogP contribution in [0.1, 0.15) is 5.82 Å². The average Bonchev–Trinajstić information content (AvgIpc) is 2.87. The van der Waals surface area contributed by atoms with E-state index in [0.29, 0.717) is 25.6 Å². The average molecular weight is 286 g/mol. The lowest BCUT2D eigenvalue weighted by Gasteiger charge is -2.32. The highest BCUT2D eigenvalue weighted by Crippen LogP contribution is 2.20. The van der Waals surface area contributed by atoms with E-state index in [1.807, 2.05) is 4.90 Å². The first-order valence-corrected chi connectivity index (χ1v) is 6.78. The quantitative estimate of drug-likeness (QED) is 0.775. The van der Waals surface area contributed by atoms with Gasteiger partial charge in [-0.3, -0.25) is 4.79 Å². The zero-order valence-corrected chi connectivity index (χ0v) is 12.1. The van der Waals surface area contributed by atoms with Crippen LogP contribution in [-0.4, -0.2) is 67.2 Å². The molecule has 1 saturated heterocycles. The molecule has 0 aliphatic carbocycles. The van der Waals surface area contributed by atoms with Crippen LogP contribution >= 0.6 is 11.5 Å². The first kappa shape index (κ1) is 14.2. The van der Waals surface area contributed by atoms with Gasteiger partial charge in [0.2, 0.25) is 5.13 Å². The van der Waals surface area contributed by atoms with Gasteiger partial charge in [-0.1, -0.05) is 0 Å². The van der Waals surface area contributed by atoms with Crippen LogP contribution in [0.25, 0.3) is 0 Å². The third kappa shape index (κ3) is 3.40. The number of hydrogen-bond donors (Lipinski definition) is 0. The van der Waals surface area contributed by atoms with E-state index in [0.717, 1.165) is 11.7 Å². The van der Waals surface area contributed by atoms with Crippen molar-refractivity contribution in [3.05, 3.63) is 5.82 Å². The summed E-state index contributed by atoms with van der Waals surface area (Å²) in [4.78, 5) is 19.9. The van der Waals surface area contributed by atoms with E-state index in [1.54, 1.807) is 26.1 Å². The van der Waals surface area contributed by atoms with Crippen LogP contribution in [0, 0.1) is 0 Å². The van der Waals surface area contributed by atoms with Crippen molar-refractivity contribution >= 4 is 22.6 Å². The summed E-state index contributed by atoms with van der Waals surface area (Å²) >= 11 is 1.32. The molecule has 0 N–H and O–H groups in total. The van der Waals surface area contributed by atoms with Crippen LogP contribution in [-0.2, 0) is 20.9 Å². The fraction of sp³-hybridized carbons (Fsp3) is 0.727. The molecule has 1 aromatic rings. The van der Waals surface area contributed by atoms with Gasteiger partial charge in [0.15, 0.2) is 11.9 Å². The first-order chi connectivity index (χ1) is 9.11. The predicted molar refractivity (Wildman–Crippen MR) is 71.3 cm³/mol. The molecule has 1 aliphatic rings. The summed E-state index contributed by atoms with van der Waals surface area (Å²) in [6.07, 6.45) is -0.432. The number of hydrogen-bond acceptors (Lipinski definition) is 7. The SMILES string of the molecule is COCc1nsc(N2CCOC(C(=O)N(C)C)C2)n1. The summed E-state index contributed by atoms with van der Waals surface area (Å²) in [5.41, 5.74) is 0. The molecule has 1 fully saturated rings. The Morgan fingerprint density at radius 3 is 3.11 bits per heavy atom. The zero-order valence-electron chi connectivity index (χ0n) is 11.3. The minimum absolute atomic E-state index is 0.0219. The Bertz CT molecular complexity index is 437. The van der Waals surface area contributed by atoms with Gasteiger partial charge in [0.1, 0.15) is 6.61 Å². The van der Waals surface area contributed by atoms with Crippen LogP contribution in [0.3, 0.4) is 0 Å². The number of carbonyl (C=O) groups excluding carboxylic acids is 1. The molecule has 1 atom stereocenters. The van der Waals surface area contributed by atoms with Crippen molar-refractivity contribution in [1.82, 2.24) is 14.3 Å². The van der Waals surface area contributed by atoms with Gasteiger partial charge in [0.25, 0.3) is 5.91 Å². The highest BCUT2D eigenvalue weighted by molar-refractivity contribution is 7.09. The fourth-order valence-electron chi connectivity index (χ4n) is 1.82. The molecule has 1 amide bonds. The summed E-state index contributed by atoms with van der Waals surface area (Å²) in [7, 11) is 5.07. The molecular weight excluding hydrogens is 268 g/mol. The molecule has 19 heavy (non-hydrogen) atoms. The van der Waals surface area contributed by atoms with E-state index in [1.165, 1.54) is 11.5 Å². The Labute approximate surface area is 116 Å². The van der Waals surface area contributed by atoms with E-state index in [4.69, 9.17) is 9.47 Å². The van der Waals surface area contributed by atoms with Gasteiger partial charge in [0.05, 0.1) is 13.2 Å². The summed E-state index contributed by atoms with van der Waals surface area (Å²) in [6.45, 7) is 2.15. The molecule has 2 heterocycles. The van der Waals surface area contributed by atoms with Crippen molar-refractivity contribution < 1.29 is 14.3 Å². The number of morpholine rings is 1. The molecule has 106 valence electrons. The van der Waals surface area contributed by atoms with Crippen LogP contribution in [0.2, 0.25) is 0 Å². The summed E-state index contributed by atoms with van der Waals surface area (Å²) in [5, 5.41) is 0.812. The van der Waals surface area contributed by atoms with Crippen molar-refractivity contribution in [3.8, 4) is 0 Å². The number of rotatable bonds is 4. The van der Waals surface area contributed by atoms with E-state index in [2.05, 4.69) is 9.36 Å². The van der Waals surface area contributed by atoms with Crippen molar-refractivity contribution in [2.24, 2.45) is 0 Å². The number of nitrogens with zero attached hydrogens (tertiary/aromatic N) is 4. The Hall–Kier alpha value is -1.25. The smallest absolute Gasteiger partial charge is 0.253 e. The number of amides is 1. The van der Waals surface area contributed by atoms with Crippen molar-refractivity contribution in [2.45, 2.75) is 12.7 Å². The van der Waals surface area contributed by atoms with Gasteiger partial charge in [-0.2, -0.15) is 4.37 Å². The molecule has 0 bridgehead atoms. The molecule has 0 spiro atoms. The Balaban J connectivity index is 2.01. The van der Waals surface area contributed by atoms with Crippen molar-refractivity contribution in [3.63, 3.8) is 0 Å². The molecule has 1 aromatic heterocycles. The van der Waals surface area contributed by atoms with Gasteiger partial charge in [0, 0.05) is 39.3 Å². The van der Waals surface area contributed by atoms with Gasteiger partial charge in [-0.25, -0.2) is 4.98 Å². The molecule has 0 aromatic carbocycles. The largest absolute Gasteiger partial charge is 0.377 e. The molecule has 7 nitrogen and oxygen atoms in total. The monoisotopic (exact) mass is 286 g/mol. The molecule has 2 rings (SSSR count). The third-order valence-electron chi connectivity index (χ3n) is 2.78. The number of ether oxygens (including phenoxy) is 2. The maximum Gasteiger partial charge on any atom is 0.253 e. The third-order valence-corrected chi connectivity index (χ3v) is 3.60. The zero-order chi connectivity index (χ0) is 13.8. The molecule has 0 saturated carbocycles. The summed E-state index contributed by atoms with van der Waals surface area (Å²) in [6, 6.07) is 0. The number of carbonyl (C=O) groups is 1. The number of methoxy groups -OCH3 is 1. The minimum atomic E-state index is -0.432. The molecule has 0 radical (unpaired) electrons. The summed E-state index contributed by atoms with van der Waals surface area (Å²) in [5.74, 6) is 0.649. The standard InChI is InChI=1S/C11H18N4O3S/c1-14(2)10(16)8-6-15(4-5-18-8)11-12-9(7-17-3)13-19-11/h8H,4-7H2,1-3H3. The topological polar surface area (TPSA) is 67.8 Å². The summed E-state index contributed by atoms with van der Waals surface area (Å²) < 4.78 is 14.7. The van der Waals surface area contributed by atoms with E-state index < -0.39 is 6.10 Å². The van der Waals surface area contributed by atoms with Crippen LogP contribution in [0.4, 0.5) is 5.13 Å². The Kier molecular flexibility index (Phi) is 4.67. The maximum absolute atomic E-state index is 11.9. The van der Waals surface area contributed by atoms with E-state index in [9.17, 15) is 4.79 Å². The van der Waals surface area contributed by atoms with E-state index >= 15 is 0 Å². The van der Waals surface area contributed by atoms with Crippen LogP contribution in [0.15, 0.2) is 0 Å². The lowest BCUT2D eigenvalue weighted by molar-refractivity contribution is -0.141. The fourth-order valence-corrected chi connectivity index (χ4v) is 2.53. The first-order valence-electron chi connectivity index (χ1n) is 6.01. The normalized spacial score (nSPS) is 19.5. The van der Waals surface area contributed by atoms with Crippen LogP contribution in [0.5, 0.6) is 0 Å². The van der Waals surface area contributed by atoms with Crippen LogP contribution < -0.4 is 4.90 Å². The molecular formula is C11H18N4O3S. The lowest BCUT2D eigenvalue weighted by Crippen LogP contribution is -2.49. The number of aromatic nitrogens is 2. The van der Waals surface area contributed by atoms with Crippen molar-refractivity contribution in [1.29, 1.82) is 0 Å². The maximum atomic E-state index is 11.9. The minimum Gasteiger partial charge on any atom is -0.377 e. The highest BCUT2D eigenvalue weighted by atomic mass is 32.1. The molecule has 1 aliphatic heterocycles. The molecule has 1 unspecified atom stereocenters. The highest BCUT2D eigenvalue weighted by Gasteiger charge is 2.29. The number of anilines is 1. The van der Waals surface area contributed by atoms with Gasteiger partial charge >= 0.3 is 0 Å². The Morgan fingerprint density at radius 1 is 1.63 bits per heavy atom. The lowest BCUT2D eigenvalue weighted by atomic mass is 10.2. The van der Waals surface area contributed by atoms with E-state index in [-0.39, 0.29) is 5.91 Å². The Morgan fingerprint density at radius 2 is 2.42 bits per heavy atom. The van der Waals surface area contributed by atoms with Gasteiger partial charge in [-0.15, -0.1) is 0 Å². The second-order valence-electron chi connectivity index (χ2n) is 4.46. The predicted octanol–water partition coefficient (Wildman–Crippen LogP) is -0.0221. The molecule has 8 heteroatoms. The number of likely N-dealkylation sites (N-methyl/N-ethyl adjacent to an activating group) is 1.